The second-order valence-corrected chi connectivity index (χ2v) is 11.6. The van der Waals surface area contributed by atoms with Crippen LogP contribution in [0, 0.1) is 12.8 Å². The molecule has 2 aliphatic heterocycles. The Kier molecular flexibility index (Phi) is 8.11. The topological polar surface area (TPSA) is 40.7 Å². The molecule has 0 amide bonds. The third-order valence-corrected chi connectivity index (χ3v) is 8.69. The number of H-pyrrole nitrogens is 1. The molecule has 200 valence electrons. The number of piperidine rings is 1. The molecule has 1 aromatic heterocycles. The number of methoxy groups -OCH3 is 2. The van der Waals surface area contributed by atoms with Crippen molar-refractivity contribution in [3.8, 4) is 22.8 Å². The quantitative estimate of drug-likeness (QED) is 0.383. The second kappa shape index (κ2) is 11.5. The molecule has 1 unspecified atom stereocenters. The molecule has 5 heteroatoms. The van der Waals surface area contributed by atoms with E-state index in [-0.39, 0.29) is 0 Å². The number of aromatic amines is 1. The minimum absolute atomic E-state index is 0.655. The maximum Gasteiger partial charge on any atom is 0.161 e. The number of rotatable bonds is 7. The van der Waals surface area contributed by atoms with Gasteiger partial charge in [0.25, 0.3) is 0 Å². The van der Waals surface area contributed by atoms with E-state index in [1.165, 1.54) is 86.9 Å². The zero-order valence-electron chi connectivity index (χ0n) is 23.5. The zero-order chi connectivity index (χ0) is 25.9. The van der Waals surface area contributed by atoms with Crippen LogP contribution in [0.5, 0.6) is 11.5 Å². The van der Waals surface area contributed by atoms with Crippen LogP contribution in [0.15, 0.2) is 36.4 Å². The van der Waals surface area contributed by atoms with Crippen LogP contribution < -0.4 is 9.47 Å². The van der Waals surface area contributed by atoms with Crippen LogP contribution >= 0.6 is 0 Å². The summed E-state index contributed by atoms with van der Waals surface area (Å²) in [7, 11) is 3.37. The highest BCUT2D eigenvalue weighted by atomic mass is 16.5. The zero-order valence-corrected chi connectivity index (χ0v) is 23.5. The minimum Gasteiger partial charge on any atom is -0.493 e. The van der Waals surface area contributed by atoms with Crippen molar-refractivity contribution in [1.29, 1.82) is 0 Å². The van der Waals surface area contributed by atoms with Crippen LogP contribution in [0.1, 0.15) is 63.0 Å². The van der Waals surface area contributed by atoms with Crippen LogP contribution in [-0.4, -0.2) is 67.8 Å². The van der Waals surface area contributed by atoms with Gasteiger partial charge in [0.2, 0.25) is 0 Å². The van der Waals surface area contributed by atoms with Gasteiger partial charge in [0.05, 0.1) is 14.2 Å². The maximum absolute atomic E-state index is 5.55. The van der Waals surface area contributed by atoms with Gasteiger partial charge in [-0.2, -0.15) is 0 Å². The maximum atomic E-state index is 5.55. The lowest BCUT2D eigenvalue weighted by molar-refractivity contribution is 0.137. The van der Waals surface area contributed by atoms with Gasteiger partial charge in [0.15, 0.2) is 11.5 Å². The Labute approximate surface area is 223 Å². The van der Waals surface area contributed by atoms with Crippen molar-refractivity contribution in [2.24, 2.45) is 5.92 Å². The average molecular weight is 504 g/mol. The van der Waals surface area contributed by atoms with Gasteiger partial charge in [-0.1, -0.05) is 19.9 Å². The molecule has 2 aliphatic rings. The fourth-order valence-electron chi connectivity index (χ4n) is 6.68. The molecule has 0 aliphatic carbocycles. The predicted molar refractivity (Wildman–Crippen MR) is 154 cm³/mol. The van der Waals surface area contributed by atoms with Crippen LogP contribution in [-0.2, 0) is 0 Å². The van der Waals surface area contributed by atoms with Crippen LogP contribution in [0.25, 0.3) is 22.2 Å². The number of benzene rings is 2. The summed E-state index contributed by atoms with van der Waals surface area (Å²) in [6, 6.07) is 14.0. The summed E-state index contributed by atoms with van der Waals surface area (Å²) < 4.78 is 11.0. The predicted octanol–water partition coefficient (Wildman–Crippen LogP) is 6.85. The van der Waals surface area contributed by atoms with Crippen LogP contribution in [0.4, 0.5) is 0 Å². The standard InChI is InChI=1S/C32H45N3O2/c1-22(2)21-34-15-6-7-27(14-16-34)35-17-12-24(13-18-35)25-8-10-29-28(19-25)23(3)32(33-29)26-9-11-30(36-4)31(20-26)37-5/h8-11,19-20,22,24,27,33H,6-7,12-18,21H2,1-5H3. The van der Waals surface area contributed by atoms with E-state index >= 15 is 0 Å². The minimum atomic E-state index is 0.655. The first kappa shape index (κ1) is 26.1. The number of ether oxygens (including phenoxy) is 2. The number of hydrogen-bond donors (Lipinski definition) is 1. The fraction of sp³-hybridized carbons (Fsp3) is 0.562. The van der Waals surface area contributed by atoms with Gasteiger partial charge in [0.1, 0.15) is 0 Å². The highest BCUT2D eigenvalue weighted by Gasteiger charge is 2.28. The molecule has 5 rings (SSSR count). The number of hydrogen-bond acceptors (Lipinski definition) is 4. The molecule has 0 saturated carbocycles. The van der Waals surface area contributed by atoms with E-state index in [1.807, 2.05) is 6.07 Å². The van der Waals surface area contributed by atoms with Crippen molar-refractivity contribution >= 4 is 10.9 Å². The smallest absolute Gasteiger partial charge is 0.161 e. The number of aromatic nitrogens is 1. The summed E-state index contributed by atoms with van der Waals surface area (Å²) in [6.07, 6.45) is 6.59. The summed E-state index contributed by atoms with van der Waals surface area (Å²) in [5, 5.41) is 1.33. The molecule has 0 spiro atoms. The van der Waals surface area contributed by atoms with E-state index in [1.54, 1.807) is 14.2 Å². The molecular weight excluding hydrogens is 458 g/mol. The normalized spacial score (nSPS) is 20.4. The number of aryl methyl sites for hydroxylation is 1. The van der Waals surface area contributed by atoms with Crippen molar-refractivity contribution in [2.75, 3.05) is 46.9 Å². The summed E-state index contributed by atoms with van der Waals surface area (Å²) in [5.41, 5.74) is 6.27. The molecule has 1 N–H and O–H groups in total. The van der Waals surface area contributed by atoms with Gasteiger partial charge < -0.3 is 24.3 Å². The van der Waals surface area contributed by atoms with Gasteiger partial charge in [-0.05, 0) is 119 Å². The van der Waals surface area contributed by atoms with E-state index in [0.29, 0.717) is 5.92 Å². The van der Waals surface area contributed by atoms with Crippen LogP contribution in [0.3, 0.4) is 0 Å². The summed E-state index contributed by atoms with van der Waals surface area (Å²) in [6.45, 7) is 13.2. The molecule has 2 aromatic carbocycles. The molecule has 0 radical (unpaired) electrons. The fourth-order valence-corrected chi connectivity index (χ4v) is 6.68. The van der Waals surface area contributed by atoms with Gasteiger partial charge in [-0.25, -0.2) is 0 Å². The van der Waals surface area contributed by atoms with E-state index in [9.17, 15) is 0 Å². The number of nitrogens with zero attached hydrogens (tertiary/aromatic N) is 2. The number of likely N-dealkylation sites (tertiary alicyclic amines) is 2. The van der Waals surface area contributed by atoms with Gasteiger partial charge in [-0.3, -0.25) is 0 Å². The van der Waals surface area contributed by atoms with E-state index < -0.39 is 0 Å². The third kappa shape index (κ3) is 5.68. The first-order valence-corrected chi connectivity index (χ1v) is 14.3. The molecule has 2 saturated heterocycles. The molecule has 5 nitrogen and oxygen atoms in total. The van der Waals surface area contributed by atoms with E-state index in [0.717, 1.165) is 34.7 Å². The van der Waals surface area contributed by atoms with Gasteiger partial charge >= 0.3 is 0 Å². The van der Waals surface area contributed by atoms with Crippen molar-refractivity contribution < 1.29 is 9.47 Å². The largest absolute Gasteiger partial charge is 0.493 e. The monoisotopic (exact) mass is 503 g/mol. The van der Waals surface area contributed by atoms with Gasteiger partial charge in [-0.15, -0.1) is 0 Å². The summed E-state index contributed by atoms with van der Waals surface area (Å²) >= 11 is 0. The highest BCUT2D eigenvalue weighted by Crippen LogP contribution is 2.38. The Bertz CT molecular complexity index is 1190. The Morgan fingerprint density at radius 3 is 2.41 bits per heavy atom. The first-order valence-electron chi connectivity index (χ1n) is 14.3. The molecule has 37 heavy (non-hydrogen) atoms. The van der Waals surface area contributed by atoms with Gasteiger partial charge in [0, 0.05) is 34.7 Å². The van der Waals surface area contributed by atoms with Crippen LogP contribution in [0.2, 0.25) is 0 Å². The lowest BCUT2D eigenvalue weighted by Crippen LogP contribution is -2.41. The average Bonchev–Trinajstić information content (AvgIpc) is 3.07. The SMILES string of the molecule is COc1ccc(-c2[nH]c3ccc(C4CCN(C5CCCN(CC(C)C)CC5)CC4)cc3c2C)cc1OC. The van der Waals surface area contributed by atoms with Crippen molar-refractivity contribution in [3.05, 3.63) is 47.5 Å². The third-order valence-electron chi connectivity index (χ3n) is 8.69. The number of fused-ring (bicyclic) bond motifs is 1. The molecule has 3 aromatic rings. The Hall–Kier alpha value is -2.50. The lowest BCUT2D eigenvalue weighted by Gasteiger charge is -2.37. The van der Waals surface area contributed by atoms with Crippen molar-refractivity contribution in [2.45, 2.75) is 64.8 Å². The Morgan fingerprint density at radius 1 is 0.892 bits per heavy atom. The number of nitrogens with one attached hydrogen (secondary N) is 1. The highest BCUT2D eigenvalue weighted by molar-refractivity contribution is 5.91. The lowest BCUT2D eigenvalue weighted by atomic mass is 9.87. The van der Waals surface area contributed by atoms with Crippen molar-refractivity contribution in [3.63, 3.8) is 0 Å². The second-order valence-electron chi connectivity index (χ2n) is 11.6. The Morgan fingerprint density at radius 2 is 1.68 bits per heavy atom. The van der Waals surface area contributed by atoms with E-state index in [2.05, 4.69) is 65.9 Å². The van der Waals surface area contributed by atoms with E-state index in [4.69, 9.17) is 9.47 Å². The molecule has 1 atom stereocenters. The summed E-state index contributed by atoms with van der Waals surface area (Å²) in [5.74, 6) is 2.93. The molecule has 0 bridgehead atoms. The molecule has 2 fully saturated rings. The van der Waals surface area contributed by atoms with Crippen molar-refractivity contribution in [1.82, 2.24) is 14.8 Å². The molecule has 3 heterocycles. The first-order chi connectivity index (χ1) is 18.0. The molecular formula is C32H45N3O2. The Balaban J connectivity index is 1.26. The summed E-state index contributed by atoms with van der Waals surface area (Å²) in [4.78, 5) is 9.17.